The van der Waals surface area contributed by atoms with Crippen molar-refractivity contribution in [1.29, 1.82) is 0 Å². The molecule has 0 atom stereocenters. The minimum absolute atomic E-state index is 0.257. The van der Waals surface area contributed by atoms with Crippen molar-refractivity contribution in [2.24, 2.45) is 0 Å². The van der Waals surface area contributed by atoms with E-state index < -0.39 is 40.7 Å². The number of hydrogen-bond acceptors (Lipinski definition) is 6. The van der Waals surface area contributed by atoms with E-state index in [1.807, 2.05) is 22.8 Å². The van der Waals surface area contributed by atoms with Crippen LogP contribution in [0.3, 0.4) is 0 Å². The fourth-order valence-corrected chi connectivity index (χ4v) is 2.33. The predicted molar refractivity (Wildman–Crippen MR) is 83.2 cm³/mol. The van der Waals surface area contributed by atoms with Gasteiger partial charge >= 0.3 is 11.7 Å². The van der Waals surface area contributed by atoms with Gasteiger partial charge < -0.3 is 10.1 Å². The molecule has 0 saturated heterocycles. The molecule has 8 nitrogen and oxygen atoms in total. The van der Waals surface area contributed by atoms with Crippen molar-refractivity contribution in [1.82, 2.24) is 10.6 Å². The topological polar surface area (TPSA) is 111 Å². The standard InChI is InChI=1S/C14H12FN3O5S/c15-9-3-4-11(18(21)22)12(6-9)23-8-13(19)17-14(20)16-7-10-2-1-5-24-10/h1-6H,7-8H2,(H2,16,17,19,20). The summed E-state index contributed by atoms with van der Waals surface area (Å²) in [6.45, 7) is -0.413. The van der Waals surface area contributed by atoms with E-state index in [4.69, 9.17) is 4.74 Å². The zero-order chi connectivity index (χ0) is 17.5. The Morgan fingerprint density at radius 2 is 2.12 bits per heavy atom. The predicted octanol–water partition coefficient (Wildman–Crippen LogP) is 2.20. The summed E-state index contributed by atoms with van der Waals surface area (Å²) in [7, 11) is 0. The second-order valence-corrected chi connectivity index (χ2v) is 5.50. The van der Waals surface area contributed by atoms with Crippen LogP contribution in [0.5, 0.6) is 5.75 Å². The van der Waals surface area contributed by atoms with Gasteiger partial charge in [0.2, 0.25) is 5.75 Å². The molecule has 3 amide bonds. The second-order valence-electron chi connectivity index (χ2n) is 4.47. The van der Waals surface area contributed by atoms with Gasteiger partial charge in [-0.2, -0.15) is 0 Å². The van der Waals surface area contributed by atoms with Gasteiger partial charge in [0, 0.05) is 17.0 Å². The summed E-state index contributed by atoms with van der Waals surface area (Å²) in [5.41, 5.74) is -0.480. The number of hydrogen-bond donors (Lipinski definition) is 2. The molecule has 0 fully saturated rings. The van der Waals surface area contributed by atoms with Crippen LogP contribution in [0, 0.1) is 15.9 Å². The fraction of sp³-hybridized carbons (Fsp3) is 0.143. The van der Waals surface area contributed by atoms with Crippen LogP contribution in [-0.4, -0.2) is 23.5 Å². The largest absolute Gasteiger partial charge is 0.477 e. The number of amides is 3. The number of nitrogens with zero attached hydrogens (tertiary/aromatic N) is 1. The molecular weight excluding hydrogens is 341 g/mol. The molecule has 0 spiro atoms. The van der Waals surface area contributed by atoms with Gasteiger partial charge in [-0.15, -0.1) is 11.3 Å². The zero-order valence-corrected chi connectivity index (χ0v) is 13.0. The molecule has 0 bridgehead atoms. The molecule has 126 valence electrons. The lowest BCUT2D eigenvalue weighted by Gasteiger charge is -2.08. The number of rotatable bonds is 6. The van der Waals surface area contributed by atoms with E-state index >= 15 is 0 Å². The number of nitro benzene ring substituents is 1. The number of imide groups is 1. The Balaban J connectivity index is 1.83. The fourth-order valence-electron chi connectivity index (χ4n) is 1.69. The lowest BCUT2D eigenvalue weighted by molar-refractivity contribution is -0.385. The number of nitro groups is 1. The maximum absolute atomic E-state index is 13.1. The smallest absolute Gasteiger partial charge is 0.321 e. The molecule has 2 N–H and O–H groups in total. The molecule has 0 unspecified atom stereocenters. The van der Waals surface area contributed by atoms with Crippen molar-refractivity contribution in [2.45, 2.75) is 6.54 Å². The highest BCUT2D eigenvalue weighted by molar-refractivity contribution is 7.09. The lowest BCUT2D eigenvalue weighted by Crippen LogP contribution is -2.41. The van der Waals surface area contributed by atoms with Crippen LogP contribution >= 0.6 is 11.3 Å². The Morgan fingerprint density at radius 1 is 1.33 bits per heavy atom. The van der Waals surface area contributed by atoms with Crippen molar-refractivity contribution < 1.29 is 23.6 Å². The SMILES string of the molecule is O=C(COc1cc(F)ccc1[N+](=O)[O-])NC(=O)NCc1cccs1. The average molecular weight is 353 g/mol. The van der Waals surface area contributed by atoms with Crippen molar-refractivity contribution in [3.05, 3.63) is 56.5 Å². The van der Waals surface area contributed by atoms with Crippen molar-refractivity contribution in [3.63, 3.8) is 0 Å². The highest BCUT2D eigenvalue weighted by Crippen LogP contribution is 2.27. The third-order valence-electron chi connectivity index (χ3n) is 2.73. The Kier molecular flexibility index (Phi) is 5.79. The number of benzene rings is 1. The summed E-state index contributed by atoms with van der Waals surface area (Å²) in [5.74, 6) is -1.96. The molecule has 2 rings (SSSR count). The number of carbonyl (C=O) groups excluding carboxylic acids is 2. The molecule has 2 aromatic rings. The van der Waals surface area contributed by atoms with Crippen LogP contribution in [-0.2, 0) is 11.3 Å². The van der Waals surface area contributed by atoms with E-state index in [1.54, 1.807) is 0 Å². The van der Waals surface area contributed by atoms with Gasteiger partial charge in [-0.3, -0.25) is 20.2 Å². The summed E-state index contributed by atoms with van der Waals surface area (Å²) in [5, 5.41) is 17.1. The summed E-state index contributed by atoms with van der Waals surface area (Å²) < 4.78 is 18.0. The van der Waals surface area contributed by atoms with E-state index in [2.05, 4.69) is 5.32 Å². The van der Waals surface area contributed by atoms with E-state index in [0.29, 0.717) is 0 Å². The monoisotopic (exact) mass is 353 g/mol. The highest BCUT2D eigenvalue weighted by atomic mass is 32.1. The summed E-state index contributed by atoms with van der Waals surface area (Å²) >= 11 is 1.45. The number of nitrogens with one attached hydrogen (secondary N) is 2. The maximum Gasteiger partial charge on any atom is 0.321 e. The van der Waals surface area contributed by atoms with E-state index in [9.17, 15) is 24.1 Å². The number of carbonyl (C=O) groups is 2. The molecule has 10 heteroatoms. The summed E-state index contributed by atoms with van der Waals surface area (Å²) in [4.78, 5) is 34.1. The first-order valence-corrected chi connectivity index (χ1v) is 7.50. The maximum atomic E-state index is 13.1. The second kappa shape index (κ2) is 8.02. The average Bonchev–Trinajstić information content (AvgIpc) is 3.04. The Labute approximate surface area is 139 Å². The van der Waals surface area contributed by atoms with Gasteiger partial charge in [-0.25, -0.2) is 9.18 Å². The Hall–Kier alpha value is -3.01. The van der Waals surface area contributed by atoms with Crippen LogP contribution in [0.4, 0.5) is 14.9 Å². The zero-order valence-electron chi connectivity index (χ0n) is 12.2. The van der Waals surface area contributed by atoms with Gasteiger partial charge in [0.05, 0.1) is 11.5 Å². The summed E-state index contributed by atoms with van der Waals surface area (Å²) in [6.07, 6.45) is 0. The first-order chi connectivity index (χ1) is 11.5. The Morgan fingerprint density at radius 3 is 2.79 bits per heavy atom. The minimum Gasteiger partial charge on any atom is -0.477 e. The minimum atomic E-state index is -0.822. The van der Waals surface area contributed by atoms with Gasteiger partial charge in [0.1, 0.15) is 5.82 Å². The van der Waals surface area contributed by atoms with Crippen LogP contribution in [0.1, 0.15) is 4.88 Å². The molecule has 0 aliphatic heterocycles. The van der Waals surface area contributed by atoms with Crippen molar-refractivity contribution in [3.8, 4) is 5.75 Å². The first kappa shape index (κ1) is 17.3. The van der Waals surface area contributed by atoms with E-state index in [1.165, 1.54) is 11.3 Å². The number of ether oxygens (including phenoxy) is 1. The molecular formula is C14H12FN3O5S. The van der Waals surface area contributed by atoms with Crippen LogP contribution in [0.15, 0.2) is 35.7 Å². The highest BCUT2D eigenvalue weighted by Gasteiger charge is 2.17. The first-order valence-electron chi connectivity index (χ1n) is 6.62. The normalized spacial score (nSPS) is 10.0. The molecule has 0 aliphatic carbocycles. The molecule has 24 heavy (non-hydrogen) atoms. The van der Waals surface area contributed by atoms with E-state index in [-0.39, 0.29) is 6.54 Å². The molecule has 0 saturated carbocycles. The van der Waals surface area contributed by atoms with Crippen LogP contribution in [0.2, 0.25) is 0 Å². The number of urea groups is 1. The molecule has 1 aromatic carbocycles. The van der Waals surface area contributed by atoms with Crippen molar-refractivity contribution in [2.75, 3.05) is 6.61 Å². The lowest BCUT2D eigenvalue weighted by atomic mass is 10.3. The molecule has 1 aromatic heterocycles. The van der Waals surface area contributed by atoms with Crippen LogP contribution in [0.25, 0.3) is 0 Å². The quantitative estimate of drug-likeness (QED) is 0.611. The summed E-state index contributed by atoms with van der Waals surface area (Å²) in [6, 6.07) is 5.54. The Bertz CT molecular complexity index is 751. The van der Waals surface area contributed by atoms with Gasteiger partial charge in [0.15, 0.2) is 6.61 Å². The van der Waals surface area contributed by atoms with Gasteiger partial charge in [-0.05, 0) is 17.5 Å². The van der Waals surface area contributed by atoms with Crippen molar-refractivity contribution >= 4 is 29.0 Å². The molecule has 0 radical (unpaired) electrons. The third kappa shape index (κ3) is 5.02. The number of thiophene rings is 1. The molecule has 0 aliphatic rings. The molecule has 1 heterocycles. The van der Waals surface area contributed by atoms with Gasteiger partial charge in [0.25, 0.3) is 5.91 Å². The van der Waals surface area contributed by atoms with E-state index in [0.717, 1.165) is 23.1 Å². The van der Waals surface area contributed by atoms with Crippen LogP contribution < -0.4 is 15.4 Å². The number of halogens is 1. The third-order valence-corrected chi connectivity index (χ3v) is 3.61. The van der Waals surface area contributed by atoms with Gasteiger partial charge in [-0.1, -0.05) is 6.07 Å².